The van der Waals surface area contributed by atoms with Gasteiger partial charge in [-0.15, -0.1) is 0 Å². The highest BCUT2D eigenvalue weighted by atomic mass is 35.5. The molecule has 0 saturated carbocycles. The van der Waals surface area contributed by atoms with E-state index in [0.29, 0.717) is 26.9 Å². The number of hydrogen-bond donors (Lipinski definition) is 2. The van der Waals surface area contributed by atoms with Crippen molar-refractivity contribution in [3.63, 3.8) is 0 Å². The number of carbonyl (C=O) groups excluding carboxylic acids is 1. The quantitative estimate of drug-likeness (QED) is 0.374. The van der Waals surface area contributed by atoms with E-state index in [1.165, 1.54) is 6.20 Å². The molecule has 7 nitrogen and oxygen atoms in total. The molecule has 0 aliphatic rings. The van der Waals surface area contributed by atoms with Crippen LogP contribution in [0.25, 0.3) is 16.7 Å². The van der Waals surface area contributed by atoms with E-state index in [9.17, 15) is 9.59 Å². The molecule has 0 saturated heterocycles. The summed E-state index contributed by atoms with van der Waals surface area (Å²) in [6, 6.07) is 16.4. The fourth-order valence-corrected chi connectivity index (χ4v) is 3.70. The van der Waals surface area contributed by atoms with Crippen molar-refractivity contribution in [2.45, 2.75) is 17.3 Å². The van der Waals surface area contributed by atoms with E-state index in [2.05, 4.69) is 20.4 Å². The van der Waals surface area contributed by atoms with Crippen LogP contribution in [0, 0.1) is 0 Å². The fraction of sp³-hybridized carbons (Fsp3) is 0.100. The normalized spacial score (nSPS) is 12.1. The highest BCUT2D eigenvalue weighted by molar-refractivity contribution is 8.00. The van der Waals surface area contributed by atoms with E-state index < -0.39 is 5.25 Å². The van der Waals surface area contributed by atoms with Crippen molar-refractivity contribution in [1.82, 2.24) is 19.7 Å². The van der Waals surface area contributed by atoms with Crippen LogP contribution in [0.15, 0.2) is 70.7 Å². The summed E-state index contributed by atoms with van der Waals surface area (Å²) in [7, 11) is 0. The molecule has 2 N–H and O–H groups in total. The van der Waals surface area contributed by atoms with Crippen LogP contribution in [0.2, 0.25) is 5.02 Å². The average molecular weight is 426 g/mol. The van der Waals surface area contributed by atoms with Gasteiger partial charge in [-0.3, -0.25) is 9.59 Å². The minimum absolute atomic E-state index is 0.248. The average Bonchev–Trinajstić information content (AvgIpc) is 3.15. The number of nitrogens with zero attached hydrogens (tertiary/aromatic N) is 3. The summed E-state index contributed by atoms with van der Waals surface area (Å²) in [4.78, 5) is 32.2. The Bertz CT molecular complexity index is 1240. The second kappa shape index (κ2) is 8.10. The molecule has 0 unspecified atom stereocenters. The first kappa shape index (κ1) is 19.2. The van der Waals surface area contributed by atoms with Gasteiger partial charge >= 0.3 is 0 Å². The molecular formula is C20H16ClN5O2S. The number of thioether (sulfide) groups is 1. The Morgan fingerprint density at radius 3 is 2.66 bits per heavy atom. The zero-order valence-corrected chi connectivity index (χ0v) is 16.9. The second-order valence-corrected chi connectivity index (χ2v) is 7.97. The molecule has 0 aliphatic carbocycles. The van der Waals surface area contributed by atoms with E-state index in [-0.39, 0.29) is 11.5 Å². The number of anilines is 1. The van der Waals surface area contributed by atoms with Crippen LogP contribution in [-0.4, -0.2) is 30.9 Å². The highest BCUT2D eigenvalue weighted by Gasteiger charge is 2.19. The lowest BCUT2D eigenvalue weighted by molar-refractivity contribution is -0.115. The number of para-hydroxylation sites is 2. The highest BCUT2D eigenvalue weighted by Crippen LogP contribution is 2.25. The third kappa shape index (κ3) is 4.03. The topological polar surface area (TPSA) is 92.7 Å². The van der Waals surface area contributed by atoms with Crippen molar-refractivity contribution in [2.24, 2.45) is 0 Å². The van der Waals surface area contributed by atoms with Crippen LogP contribution in [-0.2, 0) is 4.79 Å². The lowest BCUT2D eigenvalue weighted by atomic mass is 10.3. The maximum Gasteiger partial charge on any atom is 0.262 e. The number of halogens is 1. The van der Waals surface area contributed by atoms with E-state index in [1.54, 1.807) is 35.9 Å². The maximum absolute atomic E-state index is 12.5. The molecule has 0 fully saturated rings. The number of amides is 1. The maximum atomic E-state index is 12.5. The summed E-state index contributed by atoms with van der Waals surface area (Å²) < 4.78 is 1.60. The number of fused-ring (bicyclic) bond motifs is 1. The molecular weight excluding hydrogens is 410 g/mol. The fourth-order valence-electron chi connectivity index (χ4n) is 2.73. The SMILES string of the molecule is C[C@@H](Sc1nc2c(cnn2-c2ccccc2)c(=O)[nH]1)C(=O)Nc1ccccc1Cl. The number of aromatic nitrogens is 4. The predicted molar refractivity (Wildman–Crippen MR) is 115 cm³/mol. The number of hydrogen-bond acceptors (Lipinski definition) is 5. The Hall–Kier alpha value is -3.10. The van der Waals surface area contributed by atoms with Crippen molar-refractivity contribution < 1.29 is 4.79 Å². The van der Waals surface area contributed by atoms with Crippen molar-refractivity contribution in [3.8, 4) is 5.69 Å². The standard InChI is InChI=1S/C20H16ClN5O2S/c1-12(18(27)23-16-10-6-5-9-15(16)21)29-20-24-17-14(19(28)25-20)11-22-26(17)13-7-3-2-4-8-13/h2-12H,1H3,(H,23,27)(H,24,25,28)/t12-/m1/s1. The molecule has 0 spiro atoms. The van der Waals surface area contributed by atoms with Gasteiger partial charge in [-0.05, 0) is 31.2 Å². The van der Waals surface area contributed by atoms with Crippen molar-refractivity contribution in [1.29, 1.82) is 0 Å². The number of nitrogens with one attached hydrogen (secondary N) is 2. The van der Waals surface area contributed by atoms with E-state index in [1.807, 2.05) is 30.3 Å². The molecule has 2 aromatic heterocycles. The van der Waals surface area contributed by atoms with Gasteiger partial charge in [-0.25, -0.2) is 9.67 Å². The molecule has 146 valence electrons. The molecule has 4 aromatic rings. The molecule has 29 heavy (non-hydrogen) atoms. The molecule has 1 amide bonds. The number of aromatic amines is 1. The largest absolute Gasteiger partial charge is 0.324 e. The first-order chi connectivity index (χ1) is 14.0. The van der Waals surface area contributed by atoms with Gasteiger partial charge in [0.15, 0.2) is 10.8 Å². The van der Waals surface area contributed by atoms with Gasteiger partial charge in [-0.1, -0.05) is 53.7 Å². The number of benzene rings is 2. The Kier molecular flexibility index (Phi) is 5.37. The number of H-pyrrole nitrogens is 1. The van der Waals surface area contributed by atoms with Gasteiger partial charge in [0.1, 0.15) is 5.39 Å². The van der Waals surface area contributed by atoms with Crippen LogP contribution in [0.1, 0.15) is 6.92 Å². The van der Waals surface area contributed by atoms with E-state index in [0.717, 1.165) is 17.4 Å². The molecule has 2 heterocycles. The van der Waals surface area contributed by atoms with Gasteiger partial charge in [-0.2, -0.15) is 5.10 Å². The summed E-state index contributed by atoms with van der Waals surface area (Å²) in [6.07, 6.45) is 1.48. The smallest absolute Gasteiger partial charge is 0.262 e. The van der Waals surface area contributed by atoms with Crippen molar-refractivity contribution in [2.75, 3.05) is 5.32 Å². The molecule has 4 rings (SSSR count). The molecule has 9 heteroatoms. The van der Waals surface area contributed by atoms with Crippen LogP contribution < -0.4 is 10.9 Å². The Labute approximate surface area is 175 Å². The van der Waals surface area contributed by atoms with Gasteiger partial charge in [0.2, 0.25) is 5.91 Å². The summed E-state index contributed by atoms with van der Waals surface area (Å²) >= 11 is 7.24. The zero-order chi connectivity index (χ0) is 20.4. The predicted octanol–water partition coefficient (Wildman–Crippen LogP) is 3.88. The van der Waals surface area contributed by atoms with Crippen LogP contribution in [0.3, 0.4) is 0 Å². The first-order valence-corrected chi connectivity index (χ1v) is 10.0. The van der Waals surface area contributed by atoms with Gasteiger partial charge in [0.05, 0.1) is 27.8 Å². The summed E-state index contributed by atoms with van der Waals surface area (Å²) in [5.74, 6) is -0.248. The third-order valence-electron chi connectivity index (χ3n) is 4.21. The van der Waals surface area contributed by atoms with Gasteiger partial charge in [0, 0.05) is 0 Å². The monoisotopic (exact) mass is 425 g/mol. The number of carbonyl (C=O) groups is 1. The zero-order valence-electron chi connectivity index (χ0n) is 15.3. The molecule has 0 aliphatic heterocycles. The minimum Gasteiger partial charge on any atom is -0.324 e. The van der Waals surface area contributed by atoms with Crippen molar-refractivity contribution in [3.05, 3.63) is 76.2 Å². The first-order valence-electron chi connectivity index (χ1n) is 8.78. The van der Waals surface area contributed by atoms with E-state index in [4.69, 9.17) is 11.6 Å². The molecule has 0 bridgehead atoms. The van der Waals surface area contributed by atoms with E-state index >= 15 is 0 Å². The van der Waals surface area contributed by atoms with Crippen LogP contribution in [0.5, 0.6) is 0 Å². The van der Waals surface area contributed by atoms with Crippen LogP contribution >= 0.6 is 23.4 Å². The van der Waals surface area contributed by atoms with Gasteiger partial charge in [0.25, 0.3) is 5.56 Å². The Balaban J connectivity index is 1.60. The van der Waals surface area contributed by atoms with Crippen LogP contribution in [0.4, 0.5) is 5.69 Å². The lowest BCUT2D eigenvalue weighted by Crippen LogP contribution is -2.23. The molecule has 0 radical (unpaired) electrons. The number of rotatable bonds is 5. The third-order valence-corrected chi connectivity index (χ3v) is 5.52. The molecule has 1 atom stereocenters. The lowest BCUT2D eigenvalue weighted by Gasteiger charge is -2.12. The summed E-state index contributed by atoms with van der Waals surface area (Å²) in [5, 5.41) is 7.72. The summed E-state index contributed by atoms with van der Waals surface area (Å²) in [6.45, 7) is 1.73. The second-order valence-electron chi connectivity index (χ2n) is 6.23. The summed E-state index contributed by atoms with van der Waals surface area (Å²) in [5.41, 5.74) is 1.45. The minimum atomic E-state index is -0.514. The Morgan fingerprint density at radius 2 is 1.90 bits per heavy atom. The van der Waals surface area contributed by atoms with Gasteiger partial charge < -0.3 is 10.3 Å². The Morgan fingerprint density at radius 1 is 1.17 bits per heavy atom. The van der Waals surface area contributed by atoms with Crippen molar-refractivity contribution >= 4 is 46.0 Å². The molecule has 2 aromatic carbocycles.